The van der Waals surface area contributed by atoms with Crippen molar-refractivity contribution < 1.29 is 4.39 Å². The Hall–Kier alpha value is -0.890. The van der Waals surface area contributed by atoms with Gasteiger partial charge in [-0.1, -0.05) is 12.1 Å². The Kier molecular flexibility index (Phi) is 1.55. The van der Waals surface area contributed by atoms with Gasteiger partial charge in [0.25, 0.3) is 0 Å². The average molecular weight is 191 g/mol. The minimum atomic E-state index is -0.148. The van der Waals surface area contributed by atoms with Crippen LogP contribution in [0.25, 0.3) is 0 Å². The van der Waals surface area contributed by atoms with Crippen molar-refractivity contribution in [2.24, 2.45) is 11.7 Å². The van der Waals surface area contributed by atoms with E-state index in [0.717, 1.165) is 6.42 Å². The van der Waals surface area contributed by atoms with Crippen molar-refractivity contribution in [3.8, 4) is 0 Å². The fraction of sp³-hybridized carbons (Fsp3) is 0.500. The molecule has 0 heterocycles. The smallest absolute Gasteiger partial charge is 0.123 e. The van der Waals surface area contributed by atoms with E-state index in [0.29, 0.717) is 17.4 Å². The fourth-order valence-corrected chi connectivity index (χ4v) is 3.07. The molecule has 0 spiro atoms. The number of rotatable bonds is 1. The summed E-state index contributed by atoms with van der Waals surface area (Å²) in [5.74, 6) is 0.512. The first-order chi connectivity index (χ1) is 6.72. The van der Waals surface area contributed by atoms with Crippen molar-refractivity contribution in [1.29, 1.82) is 0 Å². The molecule has 14 heavy (non-hydrogen) atoms. The highest BCUT2D eigenvalue weighted by Gasteiger charge is 2.61. The zero-order valence-electron chi connectivity index (χ0n) is 8.04. The van der Waals surface area contributed by atoms with Gasteiger partial charge in [0.15, 0.2) is 0 Å². The standard InChI is InChI=1S/C12H14FN/c13-9-3-1-8(2-4-9)12-6-5-11(14)10(12)7-12/h1-4,10-11H,5-7,14H2. The number of fused-ring (bicyclic) bond motifs is 1. The van der Waals surface area contributed by atoms with Crippen LogP contribution in [0.2, 0.25) is 0 Å². The van der Waals surface area contributed by atoms with Gasteiger partial charge in [-0.25, -0.2) is 4.39 Å². The quantitative estimate of drug-likeness (QED) is 0.723. The van der Waals surface area contributed by atoms with E-state index in [-0.39, 0.29) is 5.82 Å². The molecule has 1 nitrogen and oxygen atoms in total. The number of benzene rings is 1. The molecule has 2 fully saturated rings. The van der Waals surface area contributed by atoms with Crippen LogP contribution in [0.15, 0.2) is 24.3 Å². The topological polar surface area (TPSA) is 26.0 Å². The van der Waals surface area contributed by atoms with E-state index in [9.17, 15) is 4.39 Å². The second-order valence-corrected chi connectivity index (χ2v) is 4.68. The van der Waals surface area contributed by atoms with Crippen LogP contribution < -0.4 is 5.73 Å². The summed E-state index contributed by atoms with van der Waals surface area (Å²) < 4.78 is 12.8. The summed E-state index contributed by atoms with van der Waals surface area (Å²) in [5.41, 5.74) is 7.61. The monoisotopic (exact) mass is 191 g/mol. The van der Waals surface area contributed by atoms with Crippen LogP contribution in [0.1, 0.15) is 24.8 Å². The molecule has 3 unspecified atom stereocenters. The van der Waals surface area contributed by atoms with E-state index in [1.54, 1.807) is 12.1 Å². The second-order valence-electron chi connectivity index (χ2n) is 4.68. The Morgan fingerprint density at radius 1 is 1.29 bits per heavy atom. The van der Waals surface area contributed by atoms with Gasteiger partial charge in [0, 0.05) is 11.5 Å². The molecule has 2 aliphatic rings. The first-order valence-corrected chi connectivity index (χ1v) is 5.24. The Balaban J connectivity index is 1.94. The van der Waals surface area contributed by atoms with E-state index in [1.165, 1.54) is 18.4 Å². The van der Waals surface area contributed by atoms with Gasteiger partial charge in [0.2, 0.25) is 0 Å². The highest BCUT2D eigenvalue weighted by atomic mass is 19.1. The van der Waals surface area contributed by atoms with E-state index in [4.69, 9.17) is 5.73 Å². The van der Waals surface area contributed by atoms with Crippen LogP contribution in [0.4, 0.5) is 4.39 Å². The molecule has 0 amide bonds. The molecule has 3 rings (SSSR count). The Morgan fingerprint density at radius 2 is 2.00 bits per heavy atom. The lowest BCUT2D eigenvalue weighted by atomic mass is 9.93. The molecule has 3 atom stereocenters. The van der Waals surface area contributed by atoms with Crippen LogP contribution in [0, 0.1) is 11.7 Å². The van der Waals surface area contributed by atoms with Crippen LogP contribution in [-0.4, -0.2) is 6.04 Å². The van der Waals surface area contributed by atoms with Crippen molar-refractivity contribution in [2.45, 2.75) is 30.7 Å². The maximum atomic E-state index is 12.8. The number of hydrogen-bond acceptors (Lipinski definition) is 1. The highest BCUT2D eigenvalue weighted by molar-refractivity contribution is 5.37. The van der Waals surface area contributed by atoms with Crippen molar-refractivity contribution >= 4 is 0 Å². The predicted molar refractivity (Wildman–Crippen MR) is 53.4 cm³/mol. The second kappa shape index (κ2) is 2.57. The summed E-state index contributed by atoms with van der Waals surface area (Å²) in [4.78, 5) is 0. The van der Waals surface area contributed by atoms with Gasteiger partial charge < -0.3 is 5.73 Å². The average Bonchev–Trinajstić information content (AvgIpc) is 2.84. The first kappa shape index (κ1) is 8.42. The molecular weight excluding hydrogens is 177 g/mol. The van der Waals surface area contributed by atoms with Gasteiger partial charge in [0.05, 0.1) is 0 Å². The summed E-state index contributed by atoms with van der Waals surface area (Å²) in [5, 5.41) is 0. The molecular formula is C12H14FN. The molecule has 0 aliphatic heterocycles. The van der Waals surface area contributed by atoms with E-state index >= 15 is 0 Å². The van der Waals surface area contributed by atoms with Gasteiger partial charge in [-0.3, -0.25) is 0 Å². The zero-order chi connectivity index (χ0) is 9.76. The van der Waals surface area contributed by atoms with E-state index in [2.05, 4.69) is 0 Å². The summed E-state index contributed by atoms with van der Waals surface area (Å²) in [6, 6.07) is 7.34. The zero-order valence-corrected chi connectivity index (χ0v) is 8.04. The van der Waals surface area contributed by atoms with Crippen molar-refractivity contribution in [2.75, 3.05) is 0 Å². The third-order valence-corrected chi connectivity index (χ3v) is 3.99. The molecule has 0 bridgehead atoms. The normalized spacial score (nSPS) is 39.6. The predicted octanol–water partition coefficient (Wildman–Crippen LogP) is 2.20. The number of nitrogens with two attached hydrogens (primary N) is 1. The maximum Gasteiger partial charge on any atom is 0.123 e. The lowest BCUT2D eigenvalue weighted by Crippen LogP contribution is -2.19. The van der Waals surface area contributed by atoms with Crippen LogP contribution in [0.3, 0.4) is 0 Å². The molecule has 74 valence electrons. The largest absolute Gasteiger partial charge is 0.327 e. The third-order valence-electron chi connectivity index (χ3n) is 3.99. The Bertz CT molecular complexity index is 359. The van der Waals surface area contributed by atoms with E-state index in [1.807, 2.05) is 12.1 Å². The summed E-state index contributed by atoms with van der Waals surface area (Å²) in [6.07, 6.45) is 3.52. The molecule has 2 saturated carbocycles. The molecule has 1 aromatic carbocycles. The molecule has 2 heteroatoms. The molecule has 2 N–H and O–H groups in total. The van der Waals surface area contributed by atoms with Gasteiger partial charge >= 0.3 is 0 Å². The third kappa shape index (κ3) is 0.976. The molecule has 2 aliphatic carbocycles. The van der Waals surface area contributed by atoms with Gasteiger partial charge in [-0.2, -0.15) is 0 Å². The summed E-state index contributed by atoms with van der Waals surface area (Å²) in [7, 11) is 0. The van der Waals surface area contributed by atoms with Gasteiger partial charge in [0.1, 0.15) is 5.82 Å². The van der Waals surface area contributed by atoms with Crippen LogP contribution in [0.5, 0.6) is 0 Å². The molecule has 0 aromatic heterocycles. The lowest BCUT2D eigenvalue weighted by molar-refractivity contribution is 0.611. The van der Waals surface area contributed by atoms with Crippen molar-refractivity contribution in [3.05, 3.63) is 35.6 Å². The molecule has 0 saturated heterocycles. The number of hydrogen-bond donors (Lipinski definition) is 1. The van der Waals surface area contributed by atoms with Gasteiger partial charge in [-0.05, 0) is 42.9 Å². The minimum absolute atomic E-state index is 0.148. The first-order valence-electron chi connectivity index (χ1n) is 5.24. The fourth-order valence-electron chi connectivity index (χ4n) is 3.07. The summed E-state index contributed by atoms with van der Waals surface area (Å²) >= 11 is 0. The highest BCUT2D eigenvalue weighted by Crippen LogP contribution is 2.63. The molecule has 1 aromatic rings. The molecule has 0 radical (unpaired) electrons. The maximum absolute atomic E-state index is 12.8. The van der Waals surface area contributed by atoms with Crippen molar-refractivity contribution in [3.63, 3.8) is 0 Å². The Labute approximate surface area is 83.1 Å². The minimum Gasteiger partial charge on any atom is -0.327 e. The SMILES string of the molecule is NC1CCC2(c3ccc(F)cc3)CC12. The lowest BCUT2D eigenvalue weighted by Gasteiger charge is -2.11. The Morgan fingerprint density at radius 3 is 2.50 bits per heavy atom. The van der Waals surface area contributed by atoms with Crippen molar-refractivity contribution in [1.82, 2.24) is 0 Å². The van der Waals surface area contributed by atoms with Gasteiger partial charge in [-0.15, -0.1) is 0 Å². The summed E-state index contributed by atoms with van der Waals surface area (Å²) in [6.45, 7) is 0. The van der Waals surface area contributed by atoms with E-state index < -0.39 is 0 Å². The van der Waals surface area contributed by atoms with Crippen LogP contribution in [-0.2, 0) is 5.41 Å². The number of halogens is 1. The van der Waals surface area contributed by atoms with Crippen LogP contribution >= 0.6 is 0 Å².